The van der Waals surface area contributed by atoms with Crippen molar-refractivity contribution < 1.29 is 19.0 Å². The molecule has 5 fully saturated rings. The van der Waals surface area contributed by atoms with E-state index in [0.717, 1.165) is 79.1 Å². The van der Waals surface area contributed by atoms with E-state index in [1.807, 2.05) is 0 Å². The van der Waals surface area contributed by atoms with Gasteiger partial charge in [0, 0.05) is 19.6 Å². The molecular formula is C60H107NO4. The largest absolute Gasteiger partial charge is 0.379 e. The van der Waals surface area contributed by atoms with Gasteiger partial charge in [0.2, 0.25) is 5.91 Å². The Morgan fingerprint density at radius 1 is 0.708 bits per heavy atom. The number of fused-ring (bicyclic) bond motifs is 5. The summed E-state index contributed by atoms with van der Waals surface area (Å²) >= 11 is 0. The molecule has 376 valence electrons. The number of nitrogens with one attached hydrogen (secondary N) is 1. The van der Waals surface area contributed by atoms with E-state index >= 15 is 0 Å². The smallest absolute Gasteiger partial charge is 0.220 e. The first kappa shape index (κ1) is 54.8. The average Bonchev–Trinajstić information content (AvgIpc) is 3.86. The Hall–Kier alpha value is -1.17. The molecule has 0 aromatic rings. The molecule has 12 atom stereocenters. The van der Waals surface area contributed by atoms with E-state index in [9.17, 15) is 4.79 Å². The molecule has 5 rings (SSSR count). The van der Waals surface area contributed by atoms with Gasteiger partial charge in [0.15, 0.2) is 0 Å². The van der Waals surface area contributed by atoms with Crippen LogP contribution >= 0.6 is 0 Å². The summed E-state index contributed by atoms with van der Waals surface area (Å²) in [5.74, 6) is 8.56. The maximum absolute atomic E-state index is 13.2. The number of hydrogen-bond donors (Lipinski definition) is 1. The number of unbranched alkanes of at least 4 members (excludes halogenated alkanes) is 9. The fraction of sp³-hybridized carbons (Fsp3) is 0.917. The van der Waals surface area contributed by atoms with Gasteiger partial charge >= 0.3 is 0 Å². The molecule has 0 radical (unpaired) electrons. The van der Waals surface area contributed by atoms with Crippen molar-refractivity contribution in [3.05, 3.63) is 24.3 Å². The average molecular weight is 907 g/mol. The second kappa shape index (κ2) is 29.8. The van der Waals surface area contributed by atoms with Crippen LogP contribution in [0.3, 0.4) is 0 Å². The summed E-state index contributed by atoms with van der Waals surface area (Å²) in [6, 6.07) is 0. The van der Waals surface area contributed by atoms with Crippen molar-refractivity contribution in [3.63, 3.8) is 0 Å². The summed E-state index contributed by atoms with van der Waals surface area (Å²) < 4.78 is 18.6. The van der Waals surface area contributed by atoms with Crippen LogP contribution in [-0.2, 0) is 19.0 Å². The normalized spacial score (nSPS) is 32.2. The van der Waals surface area contributed by atoms with E-state index in [-0.39, 0.29) is 12.0 Å². The lowest BCUT2D eigenvalue weighted by Crippen LogP contribution is -2.53. The minimum absolute atomic E-state index is 0.146. The summed E-state index contributed by atoms with van der Waals surface area (Å²) in [5, 5.41) is 3.22. The predicted octanol–water partition coefficient (Wildman–Crippen LogP) is 16.3. The number of hydrogen-bond acceptors (Lipinski definition) is 4. The zero-order valence-corrected chi connectivity index (χ0v) is 44.0. The summed E-state index contributed by atoms with van der Waals surface area (Å²) in [7, 11) is 0. The molecule has 0 aromatic heterocycles. The fourth-order valence-corrected chi connectivity index (χ4v) is 15.0. The Morgan fingerprint density at radius 3 is 2.20 bits per heavy atom. The van der Waals surface area contributed by atoms with Crippen LogP contribution in [0.25, 0.3) is 0 Å². The molecule has 0 bridgehead atoms. The van der Waals surface area contributed by atoms with Crippen molar-refractivity contribution in [3.8, 4) is 0 Å². The van der Waals surface area contributed by atoms with Gasteiger partial charge in [-0.25, -0.2) is 0 Å². The maximum atomic E-state index is 13.2. The molecule has 0 spiro atoms. The van der Waals surface area contributed by atoms with Crippen molar-refractivity contribution in [2.24, 2.45) is 70.0 Å². The van der Waals surface area contributed by atoms with Crippen LogP contribution in [0.4, 0.5) is 0 Å². The van der Waals surface area contributed by atoms with Crippen LogP contribution in [0.1, 0.15) is 235 Å². The molecule has 5 saturated carbocycles. The molecule has 5 aliphatic rings. The third-order valence-electron chi connectivity index (χ3n) is 19.0. The molecule has 1 N–H and O–H groups in total. The number of ether oxygens (including phenoxy) is 3. The number of carbonyl (C=O) groups is 1. The Bertz CT molecular complexity index is 1340. The SMILES string of the molecule is CCCCC/C=C\C/C=C\CCCCCCCCOCC(CC1CCCC1C)OCCOCCNC(=O)C[C@H]1CC[C@@]2(C)C(CC[C@H]3[C@@H]4CC[C@H]([C@H](C)CCCC(C)C)[C@@]4(C)CC[C@@H]32)C1. The summed E-state index contributed by atoms with van der Waals surface area (Å²) in [6.45, 7) is 21.3. The number of carbonyl (C=O) groups excluding carboxylic acids is 1. The minimum Gasteiger partial charge on any atom is -0.379 e. The molecule has 0 aromatic carbocycles. The van der Waals surface area contributed by atoms with E-state index in [1.54, 1.807) is 0 Å². The van der Waals surface area contributed by atoms with Gasteiger partial charge in [0.25, 0.3) is 0 Å². The molecule has 0 saturated heterocycles. The van der Waals surface area contributed by atoms with Gasteiger partial charge in [-0.05, 0) is 173 Å². The third-order valence-corrected chi connectivity index (χ3v) is 19.0. The van der Waals surface area contributed by atoms with E-state index in [0.29, 0.717) is 56.1 Å². The highest BCUT2D eigenvalue weighted by Crippen LogP contribution is 2.68. The van der Waals surface area contributed by atoms with Crippen LogP contribution in [-0.4, -0.2) is 51.6 Å². The van der Waals surface area contributed by atoms with Crippen LogP contribution in [0.5, 0.6) is 0 Å². The molecule has 4 unspecified atom stereocenters. The van der Waals surface area contributed by atoms with Crippen molar-refractivity contribution in [2.75, 3.05) is 39.6 Å². The van der Waals surface area contributed by atoms with Crippen LogP contribution in [0.2, 0.25) is 0 Å². The lowest BCUT2D eigenvalue weighted by molar-refractivity contribution is -0.130. The second-order valence-electron chi connectivity index (χ2n) is 24.1. The van der Waals surface area contributed by atoms with Gasteiger partial charge in [-0.15, -0.1) is 0 Å². The topological polar surface area (TPSA) is 56.8 Å². The number of allylic oxidation sites excluding steroid dienone is 4. The minimum atomic E-state index is 0.146. The first-order valence-corrected chi connectivity index (χ1v) is 28.9. The number of amides is 1. The Morgan fingerprint density at radius 2 is 1.45 bits per heavy atom. The molecule has 0 heterocycles. The van der Waals surface area contributed by atoms with Crippen LogP contribution < -0.4 is 5.32 Å². The van der Waals surface area contributed by atoms with Crippen LogP contribution in [0.15, 0.2) is 24.3 Å². The molecule has 5 heteroatoms. The summed E-state index contributed by atoms with van der Waals surface area (Å²) in [6.07, 6.45) is 47.4. The lowest BCUT2D eigenvalue weighted by Gasteiger charge is -2.61. The van der Waals surface area contributed by atoms with E-state index in [2.05, 4.69) is 78.1 Å². The van der Waals surface area contributed by atoms with E-state index in [1.165, 1.54) is 161 Å². The zero-order chi connectivity index (χ0) is 46.3. The quantitative estimate of drug-likeness (QED) is 0.0527. The lowest BCUT2D eigenvalue weighted by atomic mass is 9.44. The van der Waals surface area contributed by atoms with Gasteiger partial charge < -0.3 is 19.5 Å². The Balaban J connectivity index is 0.895. The van der Waals surface area contributed by atoms with Crippen molar-refractivity contribution >= 4 is 5.91 Å². The van der Waals surface area contributed by atoms with Gasteiger partial charge in [0.1, 0.15) is 0 Å². The second-order valence-corrected chi connectivity index (χ2v) is 24.1. The molecule has 65 heavy (non-hydrogen) atoms. The molecule has 5 nitrogen and oxygen atoms in total. The Labute approximate surface area is 403 Å². The van der Waals surface area contributed by atoms with Crippen molar-refractivity contribution in [1.82, 2.24) is 5.32 Å². The van der Waals surface area contributed by atoms with Gasteiger partial charge in [-0.3, -0.25) is 4.79 Å². The monoisotopic (exact) mass is 906 g/mol. The van der Waals surface area contributed by atoms with Gasteiger partial charge in [-0.2, -0.15) is 0 Å². The molecule has 0 aliphatic heterocycles. The Kier molecular flexibility index (Phi) is 25.1. The molecule has 5 aliphatic carbocycles. The first-order chi connectivity index (χ1) is 31.5. The highest BCUT2D eigenvalue weighted by Gasteiger charge is 2.60. The third kappa shape index (κ3) is 17.6. The fourth-order valence-electron chi connectivity index (χ4n) is 15.0. The van der Waals surface area contributed by atoms with Crippen molar-refractivity contribution in [2.45, 2.75) is 241 Å². The summed E-state index contributed by atoms with van der Waals surface area (Å²) in [4.78, 5) is 13.2. The van der Waals surface area contributed by atoms with Gasteiger partial charge in [-0.1, -0.05) is 150 Å². The number of rotatable bonds is 33. The van der Waals surface area contributed by atoms with Crippen LogP contribution in [0, 0.1) is 70.0 Å². The van der Waals surface area contributed by atoms with Crippen molar-refractivity contribution in [1.29, 1.82) is 0 Å². The molecule has 1 amide bonds. The molecular weight excluding hydrogens is 799 g/mol. The highest BCUT2D eigenvalue weighted by atomic mass is 16.5. The highest BCUT2D eigenvalue weighted by molar-refractivity contribution is 5.76. The maximum Gasteiger partial charge on any atom is 0.220 e. The van der Waals surface area contributed by atoms with E-state index in [4.69, 9.17) is 14.2 Å². The van der Waals surface area contributed by atoms with Gasteiger partial charge in [0.05, 0.1) is 32.5 Å². The van der Waals surface area contributed by atoms with E-state index < -0.39 is 0 Å². The first-order valence-electron chi connectivity index (χ1n) is 28.9. The standard InChI is InChI=1S/C60H107NO4/c1-8-9-10-11-12-13-14-15-16-17-18-19-20-21-22-23-39-64-46-53(45-51-29-25-27-48(51)4)65-42-41-63-40-38-61-58(62)44-50-34-36-59(6)52(43-50)30-31-54-56-33-32-55(49(5)28-24-26-47(2)3)60(56,7)37-35-57(54)59/h12-13,15-16,47-57H,8-11,14,17-46H2,1-7H3,(H,61,62)/b13-12-,16-15-/t48?,49-,50+,51?,52?,53?,54+,55-,56+,57+,59+,60-/m1/s1. The predicted molar refractivity (Wildman–Crippen MR) is 276 cm³/mol. The summed E-state index contributed by atoms with van der Waals surface area (Å²) in [5.41, 5.74) is 1.05. The zero-order valence-electron chi connectivity index (χ0n) is 44.0.